The number of rotatable bonds is 2. The van der Waals surface area contributed by atoms with Gasteiger partial charge in [0.1, 0.15) is 0 Å². The summed E-state index contributed by atoms with van der Waals surface area (Å²) in [6.45, 7) is 20.8. The Kier molecular flexibility index (Phi) is 8.13. The van der Waals surface area contributed by atoms with Gasteiger partial charge in [0.25, 0.3) is 0 Å². The molecule has 2 aliphatic heterocycles. The van der Waals surface area contributed by atoms with E-state index < -0.39 is 0 Å². The molecule has 0 aromatic carbocycles. The van der Waals surface area contributed by atoms with Crippen LogP contribution in [0.15, 0.2) is 0 Å². The summed E-state index contributed by atoms with van der Waals surface area (Å²) in [4.78, 5) is 2.62. The van der Waals surface area contributed by atoms with Crippen LogP contribution >= 0.6 is 0 Å². The van der Waals surface area contributed by atoms with Gasteiger partial charge in [-0.1, -0.05) is 48.5 Å². The van der Waals surface area contributed by atoms with Gasteiger partial charge in [0, 0.05) is 12.0 Å². The van der Waals surface area contributed by atoms with E-state index in [4.69, 9.17) is 4.74 Å². The summed E-state index contributed by atoms with van der Waals surface area (Å²) in [5.41, 5.74) is 1.04. The maximum absolute atomic E-state index is 5.29. The zero-order valence-corrected chi connectivity index (χ0v) is 13.8. The molecule has 0 amide bonds. The van der Waals surface area contributed by atoms with Crippen molar-refractivity contribution in [3.63, 3.8) is 0 Å². The third-order valence-corrected chi connectivity index (χ3v) is 3.72. The van der Waals surface area contributed by atoms with Crippen LogP contribution in [0, 0.1) is 10.8 Å². The Labute approximate surface area is 115 Å². The SMILES string of the molecule is CC.CC.CC1(C)CCN(CC2(C)COC2)CC1. The quantitative estimate of drug-likeness (QED) is 0.735. The van der Waals surface area contributed by atoms with Crippen molar-refractivity contribution in [2.24, 2.45) is 10.8 Å². The van der Waals surface area contributed by atoms with Crippen molar-refractivity contribution in [3.05, 3.63) is 0 Å². The zero-order valence-electron chi connectivity index (χ0n) is 13.8. The highest BCUT2D eigenvalue weighted by atomic mass is 16.5. The van der Waals surface area contributed by atoms with Crippen LogP contribution in [0.2, 0.25) is 0 Å². The molecule has 0 aromatic rings. The molecule has 0 aromatic heterocycles. The lowest BCUT2D eigenvalue weighted by Crippen LogP contribution is -2.51. The predicted octanol–water partition coefficient (Wildman–Crippen LogP) is 4.20. The van der Waals surface area contributed by atoms with E-state index in [0.29, 0.717) is 10.8 Å². The molecule has 2 rings (SSSR count). The Bertz CT molecular complexity index is 199. The smallest absolute Gasteiger partial charge is 0.0554 e. The molecular weight excluding hydrogens is 222 g/mol. The fourth-order valence-electron chi connectivity index (χ4n) is 2.40. The van der Waals surface area contributed by atoms with Crippen molar-refractivity contribution >= 4 is 0 Å². The van der Waals surface area contributed by atoms with Crippen LogP contribution in [0.5, 0.6) is 0 Å². The second-order valence-corrected chi connectivity index (χ2v) is 6.24. The van der Waals surface area contributed by atoms with E-state index in [1.165, 1.54) is 32.5 Å². The van der Waals surface area contributed by atoms with Crippen molar-refractivity contribution in [1.29, 1.82) is 0 Å². The van der Waals surface area contributed by atoms with Crippen LogP contribution in [0.1, 0.15) is 61.3 Å². The number of likely N-dealkylation sites (tertiary alicyclic amines) is 1. The molecule has 2 nitrogen and oxygen atoms in total. The van der Waals surface area contributed by atoms with E-state index in [1.807, 2.05) is 27.7 Å². The fraction of sp³-hybridized carbons (Fsp3) is 1.00. The molecule has 0 bridgehead atoms. The lowest BCUT2D eigenvalue weighted by molar-refractivity contribution is -0.118. The van der Waals surface area contributed by atoms with Crippen LogP contribution in [0.3, 0.4) is 0 Å². The molecule has 2 fully saturated rings. The Morgan fingerprint density at radius 2 is 1.33 bits per heavy atom. The number of hydrogen-bond acceptors (Lipinski definition) is 2. The van der Waals surface area contributed by atoms with Gasteiger partial charge >= 0.3 is 0 Å². The molecule has 0 saturated carbocycles. The summed E-state index contributed by atoms with van der Waals surface area (Å²) in [7, 11) is 0. The summed E-state index contributed by atoms with van der Waals surface area (Å²) in [6.07, 6.45) is 2.70. The molecule has 0 radical (unpaired) electrons. The van der Waals surface area contributed by atoms with E-state index in [-0.39, 0.29) is 0 Å². The lowest BCUT2D eigenvalue weighted by atomic mass is 9.81. The van der Waals surface area contributed by atoms with Crippen molar-refractivity contribution in [1.82, 2.24) is 4.90 Å². The van der Waals surface area contributed by atoms with Crippen molar-refractivity contribution in [3.8, 4) is 0 Å². The number of ether oxygens (including phenoxy) is 1. The summed E-state index contributed by atoms with van der Waals surface area (Å²) < 4.78 is 5.29. The highest BCUT2D eigenvalue weighted by molar-refractivity contribution is 4.87. The van der Waals surface area contributed by atoms with Gasteiger partial charge in [0.15, 0.2) is 0 Å². The Morgan fingerprint density at radius 1 is 0.889 bits per heavy atom. The van der Waals surface area contributed by atoms with Gasteiger partial charge in [0.05, 0.1) is 13.2 Å². The van der Waals surface area contributed by atoms with Crippen molar-refractivity contribution in [2.45, 2.75) is 61.3 Å². The number of hydrogen-bond donors (Lipinski definition) is 0. The first kappa shape index (κ1) is 17.9. The molecule has 18 heavy (non-hydrogen) atoms. The van der Waals surface area contributed by atoms with E-state index in [9.17, 15) is 0 Å². The zero-order chi connectivity index (χ0) is 14.2. The average Bonchev–Trinajstić information content (AvgIpc) is 2.35. The van der Waals surface area contributed by atoms with E-state index >= 15 is 0 Å². The molecule has 0 aliphatic carbocycles. The summed E-state index contributed by atoms with van der Waals surface area (Å²) >= 11 is 0. The minimum absolute atomic E-state index is 0.460. The maximum atomic E-state index is 5.29. The first-order valence-corrected chi connectivity index (χ1v) is 7.79. The van der Waals surface area contributed by atoms with Crippen LogP contribution in [-0.2, 0) is 4.74 Å². The molecule has 0 atom stereocenters. The summed E-state index contributed by atoms with van der Waals surface area (Å²) in [6, 6.07) is 0. The molecule has 0 N–H and O–H groups in total. The number of piperidine rings is 1. The molecule has 2 saturated heterocycles. The second-order valence-electron chi connectivity index (χ2n) is 6.24. The molecular formula is C16H35NO. The van der Waals surface area contributed by atoms with E-state index in [2.05, 4.69) is 25.7 Å². The van der Waals surface area contributed by atoms with Gasteiger partial charge in [0.2, 0.25) is 0 Å². The Morgan fingerprint density at radius 3 is 1.67 bits per heavy atom. The largest absolute Gasteiger partial charge is 0.380 e. The van der Waals surface area contributed by atoms with Crippen LogP contribution in [0.4, 0.5) is 0 Å². The molecule has 2 heteroatoms. The average molecular weight is 257 g/mol. The molecule has 0 unspecified atom stereocenters. The maximum Gasteiger partial charge on any atom is 0.0554 e. The third kappa shape index (κ3) is 5.71. The van der Waals surface area contributed by atoms with Crippen molar-refractivity contribution in [2.75, 3.05) is 32.8 Å². The third-order valence-electron chi connectivity index (χ3n) is 3.72. The van der Waals surface area contributed by atoms with Gasteiger partial charge in [-0.3, -0.25) is 0 Å². The minimum atomic E-state index is 0.460. The van der Waals surface area contributed by atoms with Gasteiger partial charge in [-0.15, -0.1) is 0 Å². The summed E-state index contributed by atoms with van der Waals surface area (Å²) in [5.74, 6) is 0. The first-order chi connectivity index (χ1) is 8.49. The highest BCUT2D eigenvalue weighted by Crippen LogP contribution is 2.33. The minimum Gasteiger partial charge on any atom is -0.380 e. The van der Waals surface area contributed by atoms with Crippen molar-refractivity contribution < 1.29 is 4.74 Å². The van der Waals surface area contributed by atoms with Gasteiger partial charge in [-0.2, -0.15) is 0 Å². The number of nitrogens with zero attached hydrogens (tertiary/aromatic N) is 1. The standard InChI is InChI=1S/C12H23NO.2C2H6/c1-11(2)4-6-13(7-5-11)8-12(3)9-14-10-12;2*1-2/h4-10H2,1-3H3;2*1-2H3. The Hall–Kier alpha value is -0.0800. The van der Waals surface area contributed by atoms with E-state index in [1.54, 1.807) is 0 Å². The van der Waals surface area contributed by atoms with Crippen LogP contribution in [-0.4, -0.2) is 37.7 Å². The molecule has 2 aliphatic rings. The van der Waals surface area contributed by atoms with Gasteiger partial charge in [-0.25, -0.2) is 0 Å². The highest BCUT2D eigenvalue weighted by Gasteiger charge is 2.36. The van der Waals surface area contributed by atoms with E-state index in [0.717, 1.165) is 13.2 Å². The van der Waals surface area contributed by atoms with Gasteiger partial charge in [-0.05, 0) is 31.3 Å². The normalized spacial score (nSPS) is 24.8. The second kappa shape index (κ2) is 8.16. The molecule has 0 spiro atoms. The van der Waals surface area contributed by atoms with Crippen LogP contribution < -0.4 is 0 Å². The molecule has 2 heterocycles. The Balaban J connectivity index is 0.000000659. The van der Waals surface area contributed by atoms with Gasteiger partial charge < -0.3 is 9.64 Å². The monoisotopic (exact) mass is 257 g/mol. The fourth-order valence-corrected chi connectivity index (χ4v) is 2.40. The topological polar surface area (TPSA) is 12.5 Å². The van der Waals surface area contributed by atoms with Crippen LogP contribution in [0.25, 0.3) is 0 Å². The predicted molar refractivity (Wildman–Crippen MR) is 81.1 cm³/mol. The lowest BCUT2D eigenvalue weighted by Gasteiger charge is -2.45. The first-order valence-electron chi connectivity index (χ1n) is 7.79. The molecule has 110 valence electrons. The summed E-state index contributed by atoms with van der Waals surface area (Å²) in [5, 5.41) is 0.